The number of carboxylic acid groups (broad SMARTS) is 1. The van der Waals surface area contributed by atoms with Gasteiger partial charge in [0.2, 0.25) is 0 Å². The molecule has 13 nitrogen and oxygen atoms in total. The van der Waals surface area contributed by atoms with Crippen molar-refractivity contribution in [3.63, 3.8) is 0 Å². The highest BCUT2D eigenvalue weighted by molar-refractivity contribution is 5.97. The number of methoxy groups -OCH3 is 2. The molecule has 4 N–H and O–H groups in total. The molecule has 404 valence electrons. The van der Waals surface area contributed by atoms with Gasteiger partial charge in [-0.15, -0.1) is 0 Å². The Labute approximate surface area is 444 Å². The van der Waals surface area contributed by atoms with Crippen molar-refractivity contribution < 1.29 is 43.2 Å². The van der Waals surface area contributed by atoms with Crippen LogP contribution < -0.4 is 11.1 Å². The molecule has 0 aliphatic carbocycles. The van der Waals surface area contributed by atoms with Crippen molar-refractivity contribution in [2.45, 2.75) is 90.0 Å². The Bertz CT molecular complexity index is 2410. The van der Waals surface area contributed by atoms with Crippen LogP contribution in [0.1, 0.15) is 119 Å². The maximum Gasteiger partial charge on any atom is 0.335 e. The van der Waals surface area contributed by atoms with E-state index in [0.717, 1.165) is 87.9 Å². The monoisotopic (exact) mass is 1020 g/mol. The number of morpholine rings is 2. The van der Waals surface area contributed by atoms with E-state index in [-0.39, 0.29) is 66.4 Å². The molecule has 6 rings (SSSR count). The Morgan fingerprint density at radius 2 is 0.973 bits per heavy atom. The van der Waals surface area contributed by atoms with Gasteiger partial charge in [-0.05, 0) is 107 Å². The number of carbonyl (C=O) groups is 4. The number of nitrogens with one attached hydrogen (secondary N) is 1. The number of ether oxygens (including phenoxy) is 4. The Morgan fingerprint density at radius 1 is 0.595 bits per heavy atom. The van der Waals surface area contributed by atoms with E-state index >= 15 is 0 Å². The lowest BCUT2D eigenvalue weighted by Gasteiger charge is -2.26. The number of hydrogen-bond donors (Lipinski definition) is 3. The average Bonchev–Trinajstić information content (AvgIpc) is 3.37. The lowest BCUT2D eigenvalue weighted by Crippen LogP contribution is -2.45. The zero-order chi connectivity index (χ0) is 50.0. The molecule has 0 spiro atoms. The van der Waals surface area contributed by atoms with Crippen molar-refractivity contribution in [2.75, 3.05) is 66.8 Å². The molecular weight excluding hydrogens is 933 g/mol. The van der Waals surface area contributed by atoms with Crippen LogP contribution in [0.4, 0.5) is 0 Å². The van der Waals surface area contributed by atoms with Crippen molar-refractivity contribution in [1.82, 2.24) is 15.1 Å². The van der Waals surface area contributed by atoms with Crippen LogP contribution in [0.25, 0.3) is 12.2 Å². The van der Waals surface area contributed by atoms with E-state index in [2.05, 4.69) is 67.8 Å². The predicted octanol–water partition coefficient (Wildman–Crippen LogP) is 10.1. The van der Waals surface area contributed by atoms with Crippen molar-refractivity contribution >= 4 is 36.0 Å². The highest BCUT2D eigenvalue weighted by atomic mass is 16.5. The van der Waals surface area contributed by atoms with Crippen molar-refractivity contribution in [1.29, 1.82) is 0 Å². The van der Waals surface area contributed by atoms with E-state index < -0.39 is 24.0 Å². The summed E-state index contributed by atoms with van der Waals surface area (Å²) in [5.74, 6) is 10.4. The van der Waals surface area contributed by atoms with Crippen LogP contribution in [0.15, 0.2) is 109 Å². The fraction of sp³-hybridized carbons (Fsp3) is 0.410. The Morgan fingerprint density at radius 3 is 1.30 bits per heavy atom. The van der Waals surface area contributed by atoms with Gasteiger partial charge >= 0.3 is 17.9 Å². The molecule has 0 radical (unpaired) electrons. The molecule has 4 aromatic rings. The third kappa shape index (κ3) is 25.2. The van der Waals surface area contributed by atoms with Gasteiger partial charge in [0.15, 0.2) is 0 Å². The first-order chi connectivity index (χ1) is 33.3. The topological polar surface area (TPSA) is 170 Å². The van der Waals surface area contributed by atoms with E-state index in [1.165, 1.54) is 25.3 Å². The minimum atomic E-state index is -0.919. The normalized spacial score (nSPS) is 13.7. The van der Waals surface area contributed by atoms with Gasteiger partial charge in [-0.2, -0.15) is 0 Å². The molecule has 0 bridgehead atoms. The van der Waals surface area contributed by atoms with Crippen LogP contribution in [-0.2, 0) is 41.6 Å². The molecular formula is C61H86N4O9. The predicted molar refractivity (Wildman–Crippen MR) is 303 cm³/mol. The first kappa shape index (κ1) is 69.2. The minimum absolute atomic E-state index is 0. The summed E-state index contributed by atoms with van der Waals surface area (Å²) in [6.45, 7) is 16.5. The lowest BCUT2D eigenvalue weighted by atomic mass is 10.0. The van der Waals surface area contributed by atoms with Crippen molar-refractivity contribution in [3.05, 3.63) is 154 Å². The Balaban J connectivity index is 0. The maximum absolute atomic E-state index is 12.5. The van der Waals surface area contributed by atoms with Crippen LogP contribution in [0.3, 0.4) is 0 Å². The van der Waals surface area contributed by atoms with Gasteiger partial charge in [-0.1, -0.05) is 137 Å². The van der Waals surface area contributed by atoms with Crippen LogP contribution in [0.2, 0.25) is 0 Å². The van der Waals surface area contributed by atoms with Crippen LogP contribution in [0, 0.1) is 35.5 Å². The second kappa shape index (κ2) is 37.8. The molecule has 0 aromatic heterocycles. The molecule has 1 amide bonds. The van der Waals surface area contributed by atoms with Crippen LogP contribution in [0.5, 0.6) is 0 Å². The maximum atomic E-state index is 12.5. The summed E-state index contributed by atoms with van der Waals surface area (Å²) in [4.78, 5) is 50.5. The van der Waals surface area contributed by atoms with E-state index in [0.29, 0.717) is 5.56 Å². The van der Waals surface area contributed by atoms with E-state index in [1.807, 2.05) is 76.2 Å². The van der Waals surface area contributed by atoms with Crippen molar-refractivity contribution in [2.24, 2.45) is 17.6 Å². The fourth-order valence-electron chi connectivity index (χ4n) is 6.69. The number of hydrogen-bond acceptors (Lipinski definition) is 11. The third-order valence-corrected chi connectivity index (χ3v) is 11.0. The highest BCUT2D eigenvalue weighted by Crippen LogP contribution is 2.13. The van der Waals surface area contributed by atoms with Gasteiger partial charge in [0, 0.05) is 56.0 Å². The summed E-state index contributed by atoms with van der Waals surface area (Å²) in [5.41, 5.74) is 12.5. The molecule has 0 saturated carbocycles. The van der Waals surface area contributed by atoms with Gasteiger partial charge in [0.25, 0.3) is 5.91 Å². The number of nitrogens with zero attached hydrogens (tertiary/aromatic N) is 2. The molecule has 2 atom stereocenters. The lowest BCUT2D eigenvalue weighted by molar-refractivity contribution is -0.144. The number of carboxylic acids is 1. The number of allylic oxidation sites excluding steroid dienone is 2. The smallest absolute Gasteiger partial charge is 0.335 e. The number of amides is 1. The molecule has 2 saturated heterocycles. The van der Waals surface area contributed by atoms with Crippen LogP contribution >= 0.6 is 0 Å². The third-order valence-electron chi connectivity index (χ3n) is 11.0. The first-order valence-corrected chi connectivity index (χ1v) is 23.1. The number of carbonyl (C=O) groups excluding carboxylic acids is 3. The SMILES string of the molecule is C.C.C.C.C.COC(=O)[C@@H](N)C(C)C.COC(=O)[C@@H](NC(=O)c1ccc(C=CC#Cc2ccc(CN3CCOCC3)cc2)cc1)C(C)C.O=C(O)c1ccc(C=CC#Cc2ccc(CN3CCOCC3)cc2)cc1. The summed E-state index contributed by atoms with van der Waals surface area (Å²) in [6.07, 6.45) is 7.33. The second-order valence-electron chi connectivity index (χ2n) is 16.9. The molecule has 4 aromatic carbocycles. The second-order valence-corrected chi connectivity index (χ2v) is 16.9. The first-order valence-electron chi connectivity index (χ1n) is 23.1. The standard InChI is InChI=1S/C28H32N2O4.C22H21NO3.C6H13NO2.5CH4/c1-21(2)26(28(32)33-3)29-27(31)25-14-12-23(13-15-25)7-5-4-6-22-8-10-24(11-9-22)20-30-16-18-34-19-17-30;24-22(25)21-11-9-19(10-12-21)4-2-1-3-18-5-7-20(8-6-18)17-23-13-15-26-16-14-23;1-4(2)5(7)6(8)9-3;;;;;/h5,7-15,21,26H,16-20H2,1-3H3,(H,29,31);2,4-12H,13-17H2,(H,24,25);4-5H,7H2,1-3H3;5*1H4/t26-;;5-;;;;;/m0.0...../s1. The molecule has 0 unspecified atom stereocenters. The van der Waals surface area contributed by atoms with Gasteiger partial charge in [-0.25, -0.2) is 9.59 Å². The molecule has 13 heteroatoms. The number of esters is 2. The quantitative estimate of drug-likeness (QED) is 0.0857. The molecule has 2 aliphatic rings. The van der Waals surface area contributed by atoms with Gasteiger partial charge in [-0.3, -0.25) is 19.4 Å². The molecule has 2 fully saturated rings. The highest BCUT2D eigenvalue weighted by Gasteiger charge is 2.25. The average molecular weight is 1020 g/mol. The van der Waals surface area contributed by atoms with Gasteiger partial charge in [0.1, 0.15) is 12.1 Å². The minimum Gasteiger partial charge on any atom is -0.478 e. The van der Waals surface area contributed by atoms with E-state index in [1.54, 1.807) is 48.6 Å². The Hall–Kier alpha value is -6.84. The summed E-state index contributed by atoms with van der Waals surface area (Å²) in [7, 11) is 2.65. The fourth-order valence-corrected chi connectivity index (χ4v) is 6.69. The van der Waals surface area contributed by atoms with Crippen molar-refractivity contribution in [3.8, 4) is 23.7 Å². The summed E-state index contributed by atoms with van der Waals surface area (Å²) in [6, 6.07) is 29.3. The zero-order valence-corrected chi connectivity index (χ0v) is 40.6. The number of aromatic carboxylic acids is 1. The van der Waals surface area contributed by atoms with E-state index in [4.69, 9.17) is 25.1 Å². The number of nitrogens with two attached hydrogens (primary N) is 1. The number of benzene rings is 4. The largest absolute Gasteiger partial charge is 0.478 e. The van der Waals surface area contributed by atoms with Crippen LogP contribution in [-0.4, -0.2) is 118 Å². The molecule has 74 heavy (non-hydrogen) atoms. The van der Waals surface area contributed by atoms with E-state index in [9.17, 15) is 19.2 Å². The van der Waals surface area contributed by atoms with Gasteiger partial charge < -0.3 is 35.1 Å². The summed E-state index contributed by atoms with van der Waals surface area (Å²) in [5, 5.41) is 11.6. The summed E-state index contributed by atoms with van der Waals surface area (Å²) < 4.78 is 19.9. The molecule has 2 aliphatic heterocycles. The zero-order valence-electron chi connectivity index (χ0n) is 40.6. The van der Waals surface area contributed by atoms with Gasteiger partial charge in [0.05, 0.1) is 46.2 Å². The Kier molecular flexibility index (Phi) is 35.4. The molecule has 2 heterocycles. The number of rotatable bonds is 13. The summed E-state index contributed by atoms with van der Waals surface area (Å²) >= 11 is 0.